The molecule has 1 aromatic heterocycles. The van der Waals surface area contributed by atoms with E-state index >= 15 is 0 Å². The Morgan fingerprint density at radius 1 is 1.29 bits per heavy atom. The minimum Gasteiger partial charge on any atom is -0.335 e. The lowest BCUT2D eigenvalue weighted by Gasteiger charge is -2.17. The lowest BCUT2D eigenvalue weighted by atomic mass is 10.2. The number of nitrogens with zero attached hydrogens (tertiary/aromatic N) is 2. The first-order chi connectivity index (χ1) is 10.2. The molecule has 0 spiro atoms. The van der Waals surface area contributed by atoms with Crippen LogP contribution in [-0.4, -0.2) is 27.9 Å². The maximum absolute atomic E-state index is 12.9. The molecule has 1 N–H and O–H groups in total. The maximum atomic E-state index is 12.9. The van der Waals surface area contributed by atoms with Crippen LogP contribution in [0.1, 0.15) is 19.7 Å². The van der Waals surface area contributed by atoms with Crippen molar-refractivity contribution >= 4 is 11.8 Å². The van der Waals surface area contributed by atoms with E-state index in [1.165, 1.54) is 12.1 Å². The zero-order valence-electron chi connectivity index (χ0n) is 12.6. The Morgan fingerprint density at radius 2 is 2.05 bits per heavy atom. The van der Waals surface area contributed by atoms with Gasteiger partial charge in [-0.25, -0.2) is 9.37 Å². The van der Waals surface area contributed by atoms with E-state index in [0.717, 1.165) is 36.0 Å². The molecule has 1 heterocycles. The fourth-order valence-corrected chi connectivity index (χ4v) is 3.20. The SMILES string of the molecule is CCNC(CSc1ccc(F)cc1)Cc1nccn1CC. The molecule has 1 unspecified atom stereocenters. The summed E-state index contributed by atoms with van der Waals surface area (Å²) in [6, 6.07) is 7.03. The molecular weight excluding hydrogens is 285 g/mol. The molecule has 2 aromatic rings. The molecule has 0 radical (unpaired) electrons. The highest BCUT2D eigenvalue weighted by Gasteiger charge is 2.12. The Morgan fingerprint density at radius 3 is 2.71 bits per heavy atom. The monoisotopic (exact) mass is 307 g/mol. The molecule has 1 aromatic carbocycles. The van der Waals surface area contributed by atoms with E-state index in [9.17, 15) is 4.39 Å². The summed E-state index contributed by atoms with van der Waals surface area (Å²) in [4.78, 5) is 5.54. The van der Waals surface area contributed by atoms with Gasteiger partial charge in [-0.1, -0.05) is 6.92 Å². The van der Waals surface area contributed by atoms with Gasteiger partial charge in [-0.2, -0.15) is 0 Å². The summed E-state index contributed by atoms with van der Waals surface area (Å²) in [5, 5.41) is 3.51. The van der Waals surface area contributed by atoms with Crippen LogP contribution >= 0.6 is 11.8 Å². The van der Waals surface area contributed by atoms with Crippen LogP contribution in [0.4, 0.5) is 4.39 Å². The summed E-state index contributed by atoms with van der Waals surface area (Å²) in [5.41, 5.74) is 0. The highest BCUT2D eigenvalue weighted by molar-refractivity contribution is 7.99. The van der Waals surface area contributed by atoms with Crippen molar-refractivity contribution in [2.45, 2.75) is 37.8 Å². The first kappa shape index (κ1) is 16.0. The number of thioether (sulfide) groups is 1. The molecule has 2 rings (SSSR count). The summed E-state index contributed by atoms with van der Waals surface area (Å²) in [7, 11) is 0. The number of imidazole rings is 1. The van der Waals surface area contributed by atoms with Crippen molar-refractivity contribution in [2.75, 3.05) is 12.3 Å². The summed E-state index contributed by atoms with van der Waals surface area (Å²) in [6.45, 7) is 6.11. The molecule has 5 heteroatoms. The molecule has 0 fully saturated rings. The minimum atomic E-state index is -0.187. The Bertz CT molecular complexity index is 539. The highest BCUT2D eigenvalue weighted by atomic mass is 32.2. The Labute approximate surface area is 130 Å². The first-order valence-electron chi connectivity index (χ1n) is 7.34. The lowest BCUT2D eigenvalue weighted by Crippen LogP contribution is -2.34. The molecule has 0 aliphatic carbocycles. The molecule has 0 aliphatic rings. The van der Waals surface area contributed by atoms with E-state index < -0.39 is 0 Å². The van der Waals surface area contributed by atoms with Gasteiger partial charge >= 0.3 is 0 Å². The fourth-order valence-electron chi connectivity index (χ4n) is 2.24. The average molecular weight is 307 g/mol. The number of aromatic nitrogens is 2. The summed E-state index contributed by atoms with van der Waals surface area (Å²) < 4.78 is 15.1. The Hall–Kier alpha value is -1.33. The number of hydrogen-bond acceptors (Lipinski definition) is 3. The van der Waals surface area contributed by atoms with Crippen LogP contribution in [0.15, 0.2) is 41.6 Å². The maximum Gasteiger partial charge on any atom is 0.123 e. The Balaban J connectivity index is 1.94. The summed E-state index contributed by atoms with van der Waals surface area (Å²) in [6.07, 6.45) is 4.78. The van der Waals surface area contributed by atoms with E-state index in [4.69, 9.17) is 0 Å². The number of likely N-dealkylation sites (N-methyl/N-ethyl adjacent to an activating group) is 1. The van der Waals surface area contributed by atoms with E-state index in [1.54, 1.807) is 11.8 Å². The molecule has 3 nitrogen and oxygen atoms in total. The van der Waals surface area contributed by atoms with Gasteiger partial charge in [-0.3, -0.25) is 0 Å². The van der Waals surface area contributed by atoms with E-state index in [0.29, 0.717) is 6.04 Å². The van der Waals surface area contributed by atoms with Crippen molar-refractivity contribution in [1.29, 1.82) is 0 Å². The van der Waals surface area contributed by atoms with Crippen LogP contribution in [0.2, 0.25) is 0 Å². The van der Waals surface area contributed by atoms with Gasteiger partial charge in [-0.05, 0) is 37.7 Å². The zero-order valence-corrected chi connectivity index (χ0v) is 13.4. The largest absolute Gasteiger partial charge is 0.335 e. The molecule has 0 amide bonds. The topological polar surface area (TPSA) is 29.9 Å². The average Bonchev–Trinajstić information content (AvgIpc) is 2.94. The van der Waals surface area contributed by atoms with Crippen molar-refractivity contribution in [3.8, 4) is 0 Å². The van der Waals surface area contributed by atoms with Gasteiger partial charge in [0.25, 0.3) is 0 Å². The standard InChI is InChI=1S/C16H22FN3S/c1-3-18-14(11-16-19-9-10-20(16)4-2)12-21-15-7-5-13(17)6-8-15/h5-10,14,18H,3-4,11-12H2,1-2H3. The second kappa shape index (κ2) is 8.20. The zero-order chi connectivity index (χ0) is 15.1. The van der Waals surface area contributed by atoms with Crippen LogP contribution in [0.25, 0.3) is 0 Å². The van der Waals surface area contributed by atoms with Crippen LogP contribution in [0, 0.1) is 5.82 Å². The molecule has 0 saturated heterocycles. The van der Waals surface area contributed by atoms with Crippen molar-refractivity contribution in [3.05, 3.63) is 48.3 Å². The molecule has 21 heavy (non-hydrogen) atoms. The van der Waals surface area contributed by atoms with Crippen molar-refractivity contribution in [1.82, 2.24) is 14.9 Å². The number of hydrogen-bond donors (Lipinski definition) is 1. The van der Waals surface area contributed by atoms with Crippen LogP contribution in [0.5, 0.6) is 0 Å². The van der Waals surface area contributed by atoms with Crippen LogP contribution in [-0.2, 0) is 13.0 Å². The van der Waals surface area contributed by atoms with E-state index in [2.05, 4.69) is 28.7 Å². The lowest BCUT2D eigenvalue weighted by molar-refractivity contribution is 0.542. The number of benzene rings is 1. The van der Waals surface area contributed by atoms with E-state index in [1.807, 2.05) is 24.5 Å². The molecule has 0 aliphatic heterocycles. The predicted molar refractivity (Wildman–Crippen MR) is 86.2 cm³/mol. The molecule has 0 bridgehead atoms. The second-order valence-electron chi connectivity index (χ2n) is 4.85. The smallest absolute Gasteiger partial charge is 0.123 e. The first-order valence-corrected chi connectivity index (χ1v) is 8.33. The van der Waals surface area contributed by atoms with Gasteiger partial charge in [-0.15, -0.1) is 11.8 Å². The molecule has 0 saturated carbocycles. The van der Waals surface area contributed by atoms with Gasteiger partial charge in [0.15, 0.2) is 0 Å². The van der Waals surface area contributed by atoms with Crippen molar-refractivity contribution < 1.29 is 4.39 Å². The van der Waals surface area contributed by atoms with Crippen molar-refractivity contribution in [2.24, 2.45) is 0 Å². The van der Waals surface area contributed by atoms with Gasteiger partial charge in [0.05, 0.1) is 0 Å². The minimum absolute atomic E-state index is 0.187. The number of halogens is 1. The number of aryl methyl sites for hydroxylation is 1. The van der Waals surface area contributed by atoms with Gasteiger partial charge in [0, 0.05) is 42.0 Å². The number of nitrogens with one attached hydrogen (secondary N) is 1. The van der Waals surface area contributed by atoms with Crippen LogP contribution < -0.4 is 5.32 Å². The highest BCUT2D eigenvalue weighted by Crippen LogP contribution is 2.20. The summed E-state index contributed by atoms with van der Waals surface area (Å²) >= 11 is 1.75. The second-order valence-corrected chi connectivity index (χ2v) is 5.95. The third-order valence-electron chi connectivity index (χ3n) is 3.33. The number of rotatable bonds is 8. The van der Waals surface area contributed by atoms with Gasteiger partial charge in [0.1, 0.15) is 11.6 Å². The van der Waals surface area contributed by atoms with Gasteiger partial charge < -0.3 is 9.88 Å². The van der Waals surface area contributed by atoms with E-state index in [-0.39, 0.29) is 5.82 Å². The molecule has 1 atom stereocenters. The van der Waals surface area contributed by atoms with Crippen LogP contribution in [0.3, 0.4) is 0 Å². The van der Waals surface area contributed by atoms with Crippen molar-refractivity contribution in [3.63, 3.8) is 0 Å². The quantitative estimate of drug-likeness (QED) is 0.759. The van der Waals surface area contributed by atoms with Gasteiger partial charge in [0.2, 0.25) is 0 Å². The third-order valence-corrected chi connectivity index (χ3v) is 4.50. The fraction of sp³-hybridized carbons (Fsp3) is 0.438. The third kappa shape index (κ3) is 4.86. The molecule has 114 valence electrons. The molecular formula is C16H22FN3S. The normalized spacial score (nSPS) is 12.5. The summed E-state index contributed by atoms with van der Waals surface area (Å²) in [5.74, 6) is 1.87. The Kier molecular flexibility index (Phi) is 6.26. The predicted octanol–water partition coefficient (Wildman–Crippen LogP) is 3.36.